The Balaban J connectivity index is 1.31. The second-order valence-corrected chi connectivity index (χ2v) is 10.7. The lowest BCUT2D eigenvalue weighted by molar-refractivity contribution is -0.150. The number of carbonyl (C=O) groups is 1. The normalized spacial score (nSPS) is 35.6. The highest BCUT2D eigenvalue weighted by atomic mass is 31.2. The van der Waals surface area contributed by atoms with Crippen LogP contribution in [0.15, 0.2) is 12.5 Å². The third-order valence-corrected chi connectivity index (χ3v) is 8.14. The van der Waals surface area contributed by atoms with E-state index < -0.39 is 43.7 Å². The third-order valence-electron chi connectivity index (χ3n) is 6.44. The minimum absolute atomic E-state index is 0.128. The van der Waals surface area contributed by atoms with Crippen molar-refractivity contribution in [2.45, 2.75) is 82.6 Å². The Labute approximate surface area is 189 Å². The van der Waals surface area contributed by atoms with Crippen molar-refractivity contribution in [3.8, 4) is 0 Å². The van der Waals surface area contributed by atoms with Crippen LogP contribution in [0.5, 0.6) is 0 Å². The van der Waals surface area contributed by atoms with Crippen LogP contribution in [0.4, 0.5) is 4.39 Å². The zero-order valence-corrected chi connectivity index (χ0v) is 19.5. The molecule has 0 amide bonds. The van der Waals surface area contributed by atoms with E-state index >= 15 is 4.39 Å². The van der Waals surface area contributed by atoms with Crippen molar-refractivity contribution in [2.24, 2.45) is 0 Å². The number of esters is 1. The summed E-state index contributed by atoms with van der Waals surface area (Å²) in [5.41, 5.74) is -0.566. The molecule has 6 atom stereocenters. The number of hydrogen-bond donors (Lipinski definition) is 1. The number of nitrogens with one attached hydrogen (secondary N) is 1. The highest BCUT2D eigenvalue weighted by Crippen LogP contribution is 2.57. The maximum Gasteiger partial charge on any atom is 0.406 e. The number of nitrogens with zero attached hydrogens (tertiary/aromatic N) is 4. The molecule has 11 nitrogen and oxygen atoms in total. The first-order valence-corrected chi connectivity index (χ1v) is 12.6. The van der Waals surface area contributed by atoms with Gasteiger partial charge in [0.05, 0.1) is 24.2 Å². The summed E-state index contributed by atoms with van der Waals surface area (Å²) < 4.78 is 53.2. The van der Waals surface area contributed by atoms with Gasteiger partial charge in [-0.15, -0.1) is 0 Å². The van der Waals surface area contributed by atoms with Gasteiger partial charge in [0.1, 0.15) is 36.8 Å². The first-order valence-electron chi connectivity index (χ1n) is 11.1. The lowest BCUT2D eigenvalue weighted by Gasteiger charge is -2.35. The first-order chi connectivity index (χ1) is 15.7. The Morgan fingerprint density at radius 1 is 1.39 bits per heavy atom. The first kappa shape index (κ1) is 22.8. The van der Waals surface area contributed by atoms with Gasteiger partial charge in [-0.3, -0.25) is 13.8 Å². The standard InChI is InChI=1S/C20H27FN5O6P/c1-11-18-22-8-14(26(18)24-10-23-11)16-20(3,21)17-15(31-16)9-29-33(28,32-17)25-12(2)19(27)30-13-6-4-5-7-13/h8,10,12-13,15-17H,4-7,9H2,1-3H3,(H,25,28)/t12-,15+,16-,17+,20-,33?/m0/s1. The van der Waals surface area contributed by atoms with Crippen molar-refractivity contribution in [3.05, 3.63) is 23.9 Å². The molecule has 2 aromatic rings. The molecular formula is C20H27FN5O6P. The van der Waals surface area contributed by atoms with E-state index in [0.29, 0.717) is 17.0 Å². The summed E-state index contributed by atoms with van der Waals surface area (Å²) in [6.45, 7) is 4.44. The largest absolute Gasteiger partial charge is 0.461 e. The molecule has 1 unspecified atom stereocenters. The van der Waals surface area contributed by atoms with Gasteiger partial charge in [-0.05, 0) is 46.5 Å². The van der Waals surface area contributed by atoms with Crippen molar-refractivity contribution in [3.63, 3.8) is 0 Å². The molecule has 3 aliphatic rings. The quantitative estimate of drug-likeness (QED) is 0.501. The summed E-state index contributed by atoms with van der Waals surface area (Å²) in [4.78, 5) is 20.8. The van der Waals surface area contributed by atoms with Crippen LogP contribution >= 0.6 is 7.75 Å². The molecule has 5 rings (SSSR count). The molecule has 0 spiro atoms. The van der Waals surface area contributed by atoms with Gasteiger partial charge in [0.15, 0.2) is 11.3 Å². The van der Waals surface area contributed by atoms with Gasteiger partial charge >= 0.3 is 13.7 Å². The SMILES string of the molecule is Cc1ncnn2c([C@@H]3O[C@@H]4COP(=O)(N[C@@H](C)C(=O)OC5CCCC5)O[C@H]4[C@@]3(C)F)cnc12. The molecule has 2 aliphatic heterocycles. The van der Waals surface area contributed by atoms with Gasteiger partial charge in [-0.25, -0.2) is 28.5 Å². The topological polar surface area (TPSA) is 126 Å². The number of aromatic nitrogens is 4. The van der Waals surface area contributed by atoms with E-state index in [9.17, 15) is 9.36 Å². The Bertz CT molecular complexity index is 1110. The number of aryl methyl sites for hydroxylation is 1. The minimum atomic E-state index is -4.00. The molecule has 3 fully saturated rings. The molecule has 0 radical (unpaired) electrons. The summed E-state index contributed by atoms with van der Waals surface area (Å²) in [6.07, 6.45) is 3.30. The number of ether oxygens (including phenoxy) is 2. The van der Waals surface area contributed by atoms with E-state index in [1.165, 1.54) is 30.9 Å². The molecule has 0 bridgehead atoms. The molecular weight excluding hydrogens is 456 g/mol. The number of alkyl halides is 1. The predicted octanol–water partition coefficient (Wildman–Crippen LogP) is 2.59. The summed E-state index contributed by atoms with van der Waals surface area (Å²) in [7, 11) is -4.00. The molecule has 1 N–H and O–H groups in total. The Morgan fingerprint density at radius 2 is 2.15 bits per heavy atom. The average Bonchev–Trinajstić information content (AvgIpc) is 3.47. The molecule has 1 aliphatic carbocycles. The van der Waals surface area contributed by atoms with Crippen LogP contribution in [0.2, 0.25) is 0 Å². The monoisotopic (exact) mass is 483 g/mol. The van der Waals surface area contributed by atoms with Crippen LogP contribution in [0.25, 0.3) is 5.65 Å². The van der Waals surface area contributed by atoms with Gasteiger partial charge in [-0.1, -0.05) is 0 Å². The summed E-state index contributed by atoms with van der Waals surface area (Å²) >= 11 is 0. The highest BCUT2D eigenvalue weighted by molar-refractivity contribution is 7.51. The van der Waals surface area contributed by atoms with Crippen LogP contribution in [0, 0.1) is 6.92 Å². The van der Waals surface area contributed by atoms with Crippen molar-refractivity contribution in [1.82, 2.24) is 24.7 Å². The fraction of sp³-hybridized carbons (Fsp3) is 0.700. The number of halogens is 1. The molecule has 4 heterocycles. The Kier molecular flexibility index (Phi) is 5.77. The number of fused-ring (bicyclic) bond motifs is 2. The van der Waals surface area contributed by atoms with E-state index in [4.69, 9.17) is 18.5 Å². The number of hydrogen-bond acceptors (Lipinski definition) is 9. The zero-order chi connectivity index (χ0) is 23.4. The molecule has 180 valence electrons. The van der Waals surface area contributed by atoms with Crippen LogP contribution in [-0.4, -0.2) is 62.2 Å². The van der Waals surface area contributed by atoms with Crippen LogP contribution in [0.3, 0.4) is 0 Å². The van der Waals surface area contributed by atoms with E-state index in [1.54, 1.807) is 6.92 Å². The lowest BCUT2D eigenvalue weighted by Crippen LogP contribution is -2.47. The van der Waals surface area contributed by atoms with E-state index in [1.807, 2.05) is 0 Å². The van der Waals surface area contributed by atoms with E-state index in [0.717, 1.165) is 25.7 Å². The van der Waals surface area contributed by atoms with Crippen molar-refractivity contribution in [2.75, 3.05) is 6.61 Å². The number of carbonyl (C=O) groups excluding carboxylic acids is 1. The Morgan fingerprint density at radius 3 is 2.91 bits per heavy atom. The number of imidazole rings is 1. The molecule has 1 saturated carbocycles. The van der Waals surface area contributed by atoms with Gasteiger partial charge in [0, 0.05) is 0 Å². The van der Waals surface area contributed by atoms with Crippen molar-refractivity contribution in [1.29, 1.82) is 0 Å². The number of rotatable bonds is 5. The average molecular weight is 483 g/mol. The summed E-state index contributed by atoms with van der Waals surface area (Å²) in [6, 6.07) is -0.949. The second kappa shape index (κ2) is 8.35. The van der Waals surface area contributed by atoms with Crippen molar-refractivity contribution < 1.29 is 32.3 Å². The molecule has 2 aromatic heterocycles. The molecule has 0 aromatic carbocycles. The van der Waals surface area contributed by atoms with E-state index in [2.05, 4.69) is 20.2 Å². The van der Waals surface area contributed by atoms with Gasteiger partial charge < -0.3 is 9.47 Å². The molecule has 33 heavy (non-hydrogen) atoms. The van der Waals surface area contributed by atoms with Gasteiger partial charge in [-0.2, -0.15) is 5.10 Å². The Hall–Kier alpha value is -1.98. The van der Waals surface area contributed by atoms with Crippen LogP contribution in [-0.2, 0) is 27.9 Å². The van der Waals surface area contributed by atoms with Gasteiger partial charge in [0.25, 0.3) is 0 Å². The minimum Gasteiger partial charge on any atom is -0.461 e. The van der Waals surface area contributed by atoms with Crippen molar-refractivity contribution >= 4 is 19.4 Å². The van der Waals surface area contributed by atoms with Crippen LogP contribution < -0.4 is 5.09 Å². The van der Waals surface area contributed by atoms with Crippen LogP contribution in [0.1, 0.15) is 57.0 Å². The summed E-state index contributed by atoms with van der Waals surface area (Å²) in [5, 5.41) is 6.75. The maximum atomic E-state index is 16.1. The fourth-order valence-corrected chi connectivity index (χ4v) is 6.42. The predicted molar refractivity (Wildman–Crippen MR) is 112 cm³/mol. The summed E-state index contributed by atoms with van der Waals surface area (Å²) in [5.74, 6) is -0.546. The van der Waals surface area contributed by atoms with Gasteiger partial charge in [0.2, 0.25) is 0 Å². The maximum absolute atomic E-state index is 16.1. The molecule has 13 heteroatoms. The third kappa shape index (κ3) is 4.08. The zero-order valence-electron chi connectivity index (χ0n) is 18.6. The molecule has 2 saturated heterocycles. The fourth-order valence-electron chi connectivity index (χ4n) is 4.66. The second-order valence-electron chi connectivity index (χ2n) is 8.98. The lowest BCUT2D eigenvalue weighted by atomic mass is 9.93. The highest BCUT2D eigenvalue weighted by Gasteiger charge is 2.61. The van der Waals surface area contributed by atoms with E-state index in [-0.39, 0.29) is 12.7 Å². The smallest absolute Gasteiger partial charge is 0.406 e.